The predicted molar refractivity (Wildman–Crippen MR) is 120 cm³/mol. The molecule has 2 aromatic heterocycles. The molecular formula is C22H21F2N5O2S. The van der Waals surface area contributed by atoms with Crippen LogP contribution < -0.4 is 10.1 Å². The molecule has 4 aromatic rings. The second kappa shape index (κ2) is 8.19. The molecule has 7 nitrogen and oxygen atoms in total. The van der Waals surface area contributed by atoms with E-state index in [4.69, 9.17) is 4.74 Å². The standard InChI is InChI=1S/C22H21F2N5O2S/c1-13-11-14(5-8-18(13)32(4,30)25-2)28-21-22-27-12-16(29(22)10-9-26-21)15-6-7-17(31-3)20(24)19(15)23/h5-12H,1-4H3,(H,26,28). The zero-order chi connectivity index (χ0) is 23.0. The van der Waals surface area contributed by atoms with Gasteiger partial charge in [-0.05, 0) is 42.8 Å². The van der Waals surface area contributed by atoms with Crippen molar-refractivity contribution in [3.8, 4) is 17.0 Å². The van der Waals surface area contributed by atoms with Crippen LogP contribution >= 0.6 is 0 Å². The van der Waals surface area contributed by atoms with Crippen LogP contribution in [0.4, 0.5) is 20.3 Å². The number of nitrogens with one attached hydrogen (secondary N) is 1. The van der Waals surface area contributed by atoms with E-state index in [9.17, 15) is 13.0 Å². The maximum atomic E-state index is 14.6. The molecule has 0 saturated carbocycles. The average molecular weight is 458 g/mol. The predicted octanol–water partition coefficient (Wildman–Crippen LogP) is 4.82. The van der Waals surface area contributed by atoms with Gasteiger partial charge in [-0.25, -0.2) is 22.9 Å². The minimum absolute atomic E-state index is 0.0502. The number of nitrogens with zero attached hydrogens (tertiary/aromatic N) is 4. The Hall–Kier alpha value is -3.53. The maximum Gasteiger partial charge on any atom is 0.201 e. The van der Waals surface area contributed by atoms with E-state index in [0.29, 0.717) is 27.7 Å². The van der Waals surface area contributed by atoms with E-state index in [1.165, 1.54) is 38.7 Å². The highest BCUT2D eigenvalue weighted by atomic mass is 32.2. The van der Waals surface area contributed by atoms with Crippen LogP contribution in [0.25, 0.3) is 16.9 Å². The summed E-state index contributed by atoms with van der Waals surface area (Å²) in [7, 11) is 0.358. The average Bonchev–Trinajstić information content (AvgIpc) is 3.20. The van der Waals surface area contributed by atoms with Crippen molar-refractivity contribution in [2.45, 2.75) is 11.8 Å². The molecule has 0 amide bonds. The number of halogens is 2. The molecule has 0 aliphatic heterocycles. The third-order valence-electron chi connectivity index (χ3n) is 5.16. The first kappa shape index (κ1) is 21.7. The van der Waals surface area contributed by atoms with E-state index >= 15 is 0 Å². The van der Waals surface area contributed by atoms with Crippen LogP contribution in [0, 0.1) is 18.6 Å². The summed E-state index contributed by atoms with van der Waals surface area (Å²) in [6, 6.07) is 8.20. The van der Waals surface area contributed by atoms with Crippen molar-refractivity contribution in [1.82, 2.24) is 14.4 Å². The fourth-order valence-corrected chi connectivity index (χ4v) is 4.65. The SMILES string of the molecule is CN=S(C)(=O)c1ccc(Nc2nccn3c(-c4ccc(OC)c(F)c4F)cnc23)cc1C. The second-order valence-corrected chi connectivity index (χ2v) is 9.56. The zero-order valence-electron chi connectivity index (χ0n) is 17.9. The first-order valence-corrected chi connectivity index (χ1v) is 11.5. The summed E-state index contributed by atoms with van der Waals surface area (Å²) in [6.45, 7) is 1.86. The fraction of sp³-hybridized carbons (Fsp3) is 0.182. The number of ether oxygens (including phenoxy) is 1. The van der Waals surface area contributed by atoms with Gasteiger partial charge in [0, 0.05) is 36.9 Å². The second-order valence-electron chi connectivity index (χ2n) is 7.15. The normalized spacial score (nSPS) is 13.1. The van der Waals surface area contributed by atoms with Gasteiger partial charge >= 0.3 is 0 Å². The Bertz CT molecular complexity index is 1460. The molecule has 0 saturated heterocycles. The zero-order valence-corrected chi connectivity index (χ0v) is 18.7. The van der Waals surface area contributed by atoms with E-state index < -0.39 is 21.4 Å². The highest BCUT2D eigenvalue weighted by Crippen LogP contribution is 2.31. The van der Waals surface area contributed by atoms with Crippen LogP contribution in [0.5, 0.6) is 5.75 Å². The Labute approximate surface area is 184 Å². The van der Waals surface area contributed by atoms with Crippen LogP contribution in [0.15, 0.2) is 58.2 Å². The third kappa shape index (κ3) is 3.66. The van der Waals surface area contributed by atoms with Crippen LogP contribution in [0.2, 0.25) is 0 Å². The molecule has 0 fully saturated rings. The van der Waals surface area contributed by atoms with Gasteiger partial charge in [-0.15, -0.1) is 0 Å². The molecule has 2 heterocycles. The molecule has 1 N–H and O–H groups in total. The summed E-state index contributed by atoms with van der Waals surface area (Å²) >= 11 is 0. The van der Waals surface area contributed by atoms with Crippen molar-refractivity contribution >= 4 is 26.9 Å². The van der Waals surface area contributed by atoms with Crippen molar-refractivity contribution in [1.29, 1.82) is 0 Å². The van der Waals surface area contributed by atoms with Gasteiger partial charge in [-0.1, -0.05) is 0 Å². The van der Waals surface area contributed by atoms with Crippen molar-refractivity contribution in [2.24, 2.45) is 4.36 Å². The first-order chi connectivity index (χ1) is 15.3. The van der Waals surface area contributed by atoms with Gasteiger partial charge in [0.2, 0.25) is 5.82 Å². The lowest BCUT2D eigenvalue weighted by atomic mass is 10.1. The Morgan fingerprint density at radius 1 is 1.16 bits per heavy atom. The molecule has 4 rings (SSSR count). The maximum absolute atomic E-state index is 14.6. The third-order valence-corrected chi connectivity index (χ3v) is 7.14. The van der Waals surface area contributed by atoms with Crippen LogP contribution in [-0.2, 0) is 9.73 Å². The van der Waals surface area contributed by atoms with Crippen LogP contribution in [-0.4, -0.2) is 39.0 Å². The van der Waals surface area contributed by atoms with Gasteiger partial charge in [0.25, 0.3) is 0 Å². The minimum Gasteiger partial charge on any atom is -0.494 e. The fourth-order valence-electron chi connectivity index (χ4n) is 3.48. The molecule has 0 spiro atoms. The Balaban J connectivity index is 1.75. The quantitative estimate of drug-likeness (QED) is 0.465. The van der Waals surface area contributed by atoms with E-state index in [2.05, 4.69) is 19.6 Å². The first-order valence-electron chi connectivity index (χ1n) is 9.59. The number of fused-ring (bicyclic) bond motifs is 1. The molecule has 1 unspecified atom stereocenters. The molecule has 0 bridgehead atoms. The lowest BCUT2D eigenvalue weighted by molar-refractivity contribution is 0.372. The summed E-state index contributed by atoms with van der Waals surface area (Å²) in [5.41, 5.74) is 2.38. The molecular weight excluding hydrogens is 436 g/mol. The Morgan fingerprint density at radius 2 is 1.94 bits per heavy atom. The van der Waals surface area contributed by atoms with Crippen molar-refractivity contribution in [3.63, 3.8) is 0 Å². The minimum atomic E-state index is -2.45. The van der Waals surface area contributed by atoms with Gasteiger partial charge in [0.05, 0.1) is 33.6 Å². The lowest BCUT2D eigenvalue weighted by Crippen LogP contribution is -2.03. The van der Waals surface area contributed by atoms with Crippen molar-refractivity contribution < 1.29 is 17.7 Å². The highest BCUT2D eigenvalue weighted by molar-refractivity contribution is 7.93. The number of benzene rings is 2. The number of hydrogen-bond acceptors (Lipinski definition) is 6. The molecule has 2 aromatic carbocycles. The lowest BCUT2D eigenvalue weighted by Gasteiger charge is -2.12. The van der Waals surface area contributed by atoms with Gasteiger partial charge in [0.1, 0.15) is 0 Å². The van der Waals surface area contributed by atoms with E-state index in [-0.39, 0.29) is 11.3 Å². The Morgan fingerprint density at radius 3 is 2.62 bits per heavy atom. The number of aromatic nitrogens is 3. The van der Waals surface area contributed by atoms with Gasteiger partial charge < -0.3 is 10.1 Å². The van der Waals surface area contributed by atoms with E-state index in [0.717, 1.165) is 5.56 Å². The van der Waals surface area contributed by atoms with Gasteiger partial charge in [-0.2, -0.15) is 4.39 Å². The number of methoxy groups -OCH3 is 1. The highest BCUT2D eigenvalue weighted by Gasteiger charge is 2.19. The molecule has 10 heteroatoms. The van der Waals surface area contributed by atoms with Crippen LogP contribution in [0.1, 0.15) is 5.56 Å². The van der Waals surface area contributed by atoms with Crippen LogP contribution in [0.3, 0.4) is 0 Å². The summed E-state index contributed by atoms with van der Waals surface area (Å²) < 4.78 is 51.9. The molecule has 0 aliphatic carbocycles. The molecule has 0 radical (unpaired) electrons. The molecule has 1 atom stereocenters. The van der Waals surface area contributed by atoms with Crippen molar-refractivity contribution in [3.05, 3.63) is 66.1 Å². The summed E-state index contributed by atoms with van der Waals surface area (Å²) in [5.74, 6) is -1.82. The van der Waals surface area contributed by atoms with E-state index in [1.54, 1.807) is 29.0 Å². The number of hydrogen-bond donors (Lipinski definition) is 1. The summed E-state index contributed by atoms with van der Waals surface area (Å²) in [5, 5.41) is 3.19. The number of anilines is 2. The van der Waals surface area contributed by atoms with E-state index in [1.807, 2.05) is 13.0 Å². The number of imidazole rings is 1. The number of rotatable bonds is 5. The summed E-state index contributed by atoms with van der Waals surface area (Å²) in [6.07, 6.45) is 6.20. The summed E-state index contributed by atoms with van der Waals surface area (Å²) in [4.78, 5) is 9.35. The topological polar surface area (TPSA) is 80.9 Å². The Kier molecular flexibility index (Phi) is 5.55. The van der Waals surface area contributed by atoms with Gasteiger partial charge in [-0.3, -0.25) is 4.40 Å². The largest absolute Gasteiger partial charge is 0.494 e. The molecule has 32 heavy (non-hydrogen) atoms. The molecule has 0 aliphatic rings. The smallest absolute Gasteiger partial charge is 0.201 e. The van der Waals surface area contributed by atoms with Crippen molar-refractivity contribution in [2.75, 3.05) is 25.7 Å². The number of aryl methyl sites for hydroxylation is 1. The van der Waals surface area contributed by atoms with Gasteiger partial charge in [0.15, 0.2) is 23.0 Å². The monoisotopic (exact) mass is 457 g/mol. The molecule has 166 valence electrons.